The molecule has 1 rings (SSSR count). The Morgan fingerprint density at radius 2 is 2.24 bits per heavy atom. The lowest BCUT2D eigenvalue weighted by Crippen LogP contribution is -2.30. The maximum absolute atomic E-state index is 11.8. The molecule has 0 unspecified atom stereocenters. The fourth-order valence-corrected chi connectivity index (χ4v) is 1.35. The number of carbonyl (C=O) groups is 1. The van der Waals surface area contributed by atoms with Gasteiger partial charge in [0.2, 0.25) is 0 Å². The van der Waals surface area contributed by atoms with Crippen LogP contribution in [-0.2, 0) is 0 Å². The minimum Gasteiger partial charge on any atom is -0.494 e. The van der Waals surface area contributed by atoms with Crippen molar-refractivity contribution in [1.29, 1.82) is 0 Å². The lowest BCUT2D eigenvalue weighted by Gasteiger charge is -2.10. The fourth-order valence-electron chi connectivity index (χ4n) is 1.35. The largest absolute Gasteiger partial charge is 0.494 e. The van der Waals surface area contributed by atoms with E-state index in [2.05, 4.69) is 5.32 Å². The van der Waals surface area contributed by atoms with Crippen molar-refractivity contribution < 1.29 is 9.53 Å². The second-order valence-corrected chi connectivity index (χ2v) is 4.15. The summed E-state index contributed by atoms with van der Waals surface area (Å²) in [6.45, 7) is 5.04. The van der Waals surface area contributed by atoms with Gasteiger partial charge in [0, 0.05) is 11.6 Å². The van der Waals surface area contributed by atoms with E-state index >= 15 is 0 Å². The maximum Gasteiger partial charge on any atom is 0.251 e. The van der Waals surface area contributed by atoms with Crippen LogP contribution in [0, 0.1) is 0 Å². The number of hydrogen-bond donors (Lipinski definition) is 2. The molecule has 3 N–H and O–H groups in total. The summed E-state index contributed by atoms with van der Waals surface area (Å²) in [4.78, 5) is 11.8. The fraction of sp³-hybridized carbons (Fsp3) is 0.462. The molecule has 17 heavy (non-hydrogen) atoms. The molecule has 4 heteroatoms. The van der Waals surface area contributed by atoms with Gasteiger partial charge >= 0.3 is 0 Å². The lowest BCUT2D eigenvalue weighted by molar-refractivity contribution is 0.0942. The highest BCUT2D eigenvalue weighted by atomic mass is 16.5. The van der Waals surface area contributed by atoms with Gasteiger partial charge in [-0.25, -0.2) is 0 Å². The molecule has 0 aliphatic rings. The van der Waals surface area contributed by atoms with E-state index in [4.69, 9.17) is 10.5 Å². The van der Waals surface area contributed by atoms with E-state index in [-0.39, 0.29) is 11.9 Å². The van der Waals surface area contributed by atoms with Crippen LogP contribution in [0.2, 0.25) is 0 Å². The summed E-state index contributed by atoms with van der Waals surface area (Å²) >= 11 is 0. The van der Waals surface area contributed by atoms with Gasteiger partial charge in [-0.15, -0.1) is 0 Å². The van der Waals surface area contributed by atoms with Crippen LogP contribution in [0.15, 0.2) is 24.3 Å². The van der Waals surface area contributed by atoms with Crippen molar-refractivity contribution in [2.24, 2.45) is 5.73 Å². The van der Waals surface area contributed by atoms with E-state index in [1.165, 1.54) is 0 Å². The van der Waals surface area contributed by atoms with Crippen LogP contribution in [0.25, 0.3) is 0 Å². The molecule has 0 heterocycles. The Hall–Kier alpha value is -1.55. The van der Waals surface area contributed by atoms with Crippen LogP contribution in [0.5, 0.6) is 5.75 Å². The Balaban J connectivity index is 2.61. The van der Waals surface area contributed by atoms with Crippen LogP contribution in [0.4, 0.5) is 0 Å². The molecular formula is C13H20N2O2. The van der Waals surface area contributed by atoms with Crippen LogP contribution in [0.1, 0.15) is 30.6 Å². The molecule has 0 radical (unpaired) electrons. The van der Waals surface area contributed by atoms with Gasteiger partial charge in [0.1, 0.15) is 5.75 Å². The second-order valence-electron chi connectivity index (χ2n) is 4.15. The van der Waals surface area contributed by atoms with Crippen molar-refractivity contribution in [3.8, 4) is 5.75 Å². The predicted molar refractivity (Wildman–Crippen MR) is 68.2 cm³/mol. The minimum atomic E-state index is -0.0794. The van der Waals surface area contributed by atoms with Crippen molar-refractivity contribution in [3.63, 3.8) is 0 Å². The number of nitrogens with two attached hydrogens (primary N) is 1. The molecular weight excluding hydrogens is 216 g/mol. The Labute approximate surface area is 102 Å². The van der Waals surface area contributed by atoms with Crippen molar-refractivity contribution >= 4 is 5.91 Å². The van der Waals surface area contributed by atoms with E-state index in [0.717, 1.165) is 6.42 Å². The Morgan fingerprint density at radius 1 is 1.47 bits per heavy atom. The van der Waals surface area contributed by atoms with Gasteiger partial charge in [0.25, 0.3) is 5.91 Å². The van der Waals surface area contributed by atoms with Crippen LogP contribution < -0.4 is 15.8 Å². The van der Waals surface area contributed by atoms with E-state index in [1.54, 1.807) is 12.1 Å². The standard InChI is InChI=1S/C13H20N2O2/c1-10(2)15-13(16)11-5-3-6-12(9-11)17-8-4-7-14/h3,5-6,9-10H,4,7-8,14H2,1-2H3,(H,15,16). The summed E-state index contributed by atoms with van der Waals surface area (Å²) in [6, 6.07) is 7.29. The van der Waals surface area contributed by atoms with Crippen LogP contribution >= 0.6 is 0 Å². The summed E-state index contributed by atoms with van der Waals surface area (Å²) in [5.74, 6) is 0.624. The molecule has 0 spiro atoms. The first-order chi connectivity index (χ1) is 8.13. The molecule has 0 saturated heterocycles. The molecule has 0 fully saturated rings. The number of benzene rings is 1. The summed E-state index contributed by atoms with van der Waals surface area (Å²) in [6.07, 6.45) is 0.808. The molecule has 0 atom stereocenters. The monoisotopic (exact) mass is 236 g/mol. The van der Waals surface area contributed by atoms with Gasteiger partial charge in [0.05, 0.1) is 6.61 Å². The zero-order chi connectivity index (χ0) is 12.7. The molecule has 4 nitrogen and oxygen atoms in total. The maximum atomic E-state index is 11.8. The highest BCUT2D eigenvalue weighted by Crippen LogP contribution is 2.13. The second kappa shape index (κ2) is 6.91. The number of carbonyl (C=O) groups excluding carboxylic acids is 1. The van der Waals surface area contributed by atoms with Gasteiger partial charge in [-0.2, -0.15) is 0 Å². The van der Waals surface area contributed by atoms with E-state index < -0.39 is 0 Å². The molecule has 0 saturated carbocycles. The first-order valence-corrected chi connectivity index (χ1v) is 5.87. The molecule has 1 aromatic carbocycles. The first kappa shape index (κ1) is 13.5. The SMILES string of the molecule is CC(C)NC(=O)c1cccc(OCCCN)c1. The zero-order valence-electron chi connectivity index (χ0n) is 10.4. The average Bonchev–Trinajstić information content (AvgIpc) is 2.29. The molecule has 1 aromatic rings. The first-order valence-electron chi connectivity index (χ1n) is 5.87. The topological polar surface area (TPSA) is 64.3 Å². The Morgan fingerprint density at radius 3 is 2.88 bits per heavy atom. The third kappa shape index (κ3) is 4.87. The predicted octanol–water partition coefficient (Wildman–Crippen LogP) is 1.55. The molecule has 0 bridgehead atoms. The average molecular weight is 236 g/mol. The smallest absolute Gasteiger partial charge is 0.251 e. The third-order valence-electron chi connectivity index (χ3n) is 2.13. The van der Waals surface area contributed by atoms with Crippen LogP contribution in [-0.4, -0.2) is 25.1 Å². The molecule has 0 aliphatic carbocycles. The van der Waals surface area contributed by atoms with Crippen molar-refractivity contribution in [3.05, 3.63) is 29.8 Å². The minimum absolute atomic E-state index is 0.0794. The number of hydrogen-bond acceptors (Lipinski definition) is 3. The number of rotatable bonds is 6. The summed E-state index contributed by atoms with van der Waals surface area (Å²) in [5.41, 5.74) is 6.00. The van der Waals surface area contributed by atoms with E-state index in [9.17, 15) is 4.79 Å². The highest BCUT2D eigenvalue weighted by molar-refractivity contribution is 5.94. The van der Waals surface area contributed by atoms with Crippen molar-refractivity contribution in [2.75, 3.05) is 13.2 Å². The molecule has 0 aromatic heterocycles. The Kier molecular flexibility index (Phi) is 5.49. The van der Waals surface area contributed by atoms with Crippen molar-refractivity contribution in [2.45, 2.75) is 26.3 Å². The van der Waals surface area contributed by atoms with E-state index in [1.807, 2.05) is 26.0 Å². The van der Waals surface area contributed by atoms with Crippen molar-refractivity contribution in [1.82, 2.24) is 5.32 Å². The van der Waals surface area contributed by atoms with Gasteiger partial charge in [-0.3, -0.25) is 4.79 Å². The summed E-state index contributed by atoms with van der Waals surface area (Å²) < 4.78 is 5.48. The van der Waals surface area contributed by atoms with Gasteiger partial charge < -0.3 is 15.8 Å². The summed E-state index contributed by atoms with van der Waals surface area (Å²) in [7, 11) is 0. The van der Waals surface area contributed by atoms with Gasteiger partial charge in [0.15, 0.2) is 0 Å². The van der Waals surface area contributed by atoms with E-state index in [0.29, 0.717) is 24.5 Å². The number of ether oxygens (including phenoxy) is 1. The zero-order valence-corrected chi connectivity index (χ0v) is 10.4. The number of amides is 1. The van der Waals surface area contributed by atoms with Crippen LogP contribution in [0.3, 0.4) is 0 Å². The summed E-state index contributed by atoms with van der Waals surface area (Å²) in [5, 5.41) is 2.84. The molecule has 0 aliphatic heterocycles. The third-order valence-corrected chi connectivity index (χ3v) is 2.13. The Bertz CT molecular complexity index is 364. The lowest BCUT2D eigenvalue weighted by atomic mass is 10.2. The highest BCUT2D eigenvalue weighted by Gasteiger charge is 2.07. The van der Waals surface area contributed by atoms with Gasteiger partial charge in [-0.05, 0) is 45.0 Å². The quantitative estimate of drug-likeness (QED) is 0.737. The molecule has 1 amide bonds. The normalized spacial score (nSPS) is 10.4. The molecule has 94 valence electrons. The number of nitrogens with one attached hydrogen (secondary N) is 1. The van der Waals surface area contributed by atoms with Gasteiger partial charge in [-0.1, -0.05) is 6.07 Å².